The number of sulfonamides is 1. The Hall–Kier alpha value is -2.69. The van der Waals surface area contributed by atoms with E-state index in [0.29, 0.717) is 12.5 Å². The summed E-state index contributed by atoms with van der Waals surface area (Å²) in [5.41, 5.74) is 1.59. The average Bonchev–Trinajstić information content (AvgIpc) is 3.01. The quantitative estimate of drug-likeness (QED) is 0.717. The van der Waals surface area contributed by atoms with Gasteiger partial charge >= 0.3 is 0 Å². The first-order valence-electron chi connectivity index (χ1n) is 7.74. The standard InChI is InChI=1S/C15H15F2N5O3S/c1-2-5-26(24,25)22-8-6-9(11(17)10(16)7-8)14(23)12-13-15(21-20-12)19-4-3-18-13/h3-4,6-7,13,15,21-22H,2,5H2,1H3. The van der Waals surface area contributed by atoms with Crippen LogP contribution in [0.4, 0.5) is 14.5 Å². The second kappa shape index (κ2) is 6.90. The van der Waals surface area contributed by atoms with E-state index in [0.717, 1.165) is 6.07 Å². The second-order valence-corrected chi connectivity index (χ2v) is 7.52. The number of ketones is 1. The van der Waals surface area contributed by atoms with Crippen LogP contribution in [0.2, 0.25) is 0 Å². The van der Waals surface area contributed by atoms with Crippen LogP contribution in [0.5, 0.6) is 0 Å². The van der Waals surface area contributed by atoms with Crippen molar-refractivity contribution in [3.05, 3.63) is 29.3 Å². The molecule has 138 valence electrons. The number of carbonyl (C=O) groups is 1. The van der Waals surface area contributed by atoms with Gasteiger partial charge in [0.15, 0.2) is 17.8 Å². The van der Waals surface area contributed by atoms with Crippen molar-refractivity contribution < 1.29 is 22.0 Å². The Balaban J connectivity index is 1.93. The van der Waals surface area contributed by atoms with Gasteiger partial charge in [-0.05, 0) is 12.5 Å². The van der Waals surface area contributed by atoms with Gasteiger partial charge in [0.25, 0.3) is 0 Å². The number of anilines is 1. The molecule has 1 aromatic rings. The maximum Gasteiger partial charge on any atom is 0.232 e. The summed E-state index contributed by atoms with van der Waals surface area (Å²) < 4.78 is 53.9. The molecule has 0 fully saturated rings. The normalized spacial score (nSPS) is 21.1. The van der Waals surface area contributed by atoms with Gasteiger partial charge < -0.3 is 0 Å². The number of hydrogen-bond acceptors (Lipinski definition) is 7. The zero-order chi connectivity index (χ0) is 18.9. The third-order valence-electron chi connectivity index (χ3n) is 3.71. The summed E-state index contributed by atoms with van der Waals surface area (Å²) in [5.74, 6) is -3.82. The molecule has 8 nitrogen and oxygen atoms in total. The summed E-state index contributed by atoms with van der Waals surface area (Å²) in [5, 5.41) is 3.82. The Morgan fingerprint density at radius 2 is 2.00 bits per heavy atom. The fourth-order valence-corrected chi connectivity index (χ4v) is 3.70. The van der Waals surface area contributed by atoms with Gasteiger partial charge in [0, 0.05) is 18.5 Å². The predicted molar refractivity (Wildman–Crippen MR) is 93.5 cm³/mol. The Labute approximate surface area is 148 Å². The van der Waals surface area contributed by atoms with E-state index in [9.17, 15) is 22.0 Å². The number of carbonyl (C=O) groups excluding carboxylic acids is 1. The summed E-state index contributed by atoms with van der Waals surface area (Å²) in [4.78, 5) is 20.7. The summed E-state index contributed by atoms with van der Waals surface area (Å²) >= 11 is 0. The minimum absolute atomic E-state index is 0.130. The zero-order valence-electron chi connectivity index (χ0n) is 13.6. The van der Waals surface area contributed by atoms with Crippen molar-refractivity contribution in [3.63, 3.8) is 0 Å². The van der Waals surface area contributed by atoms with Crippen molar-refractivity contribution in [2.75, 3.05) is 10.5 Å². The van der Waals surface area contributed by atoms with E-state index in [1.807, 2.05) is 0 Å². The van der Waals surface area contributed by atoms with Gasteiger partial charge in [0.2, 0.25) is 15.8 Å². The van der Waals surface area contributed by atoms with Crippen LogP contribution in [0.3, 0.4) is 0 Å². The first-order valence-corrected chi connectivity index (χ1v) is 9.40. The molecule has 0 spiro atoms. The lowest BCUT2D eigenvalue weighted by Crippen LogP contribution is -2.36. The fraction of sp³-hybridized carbons (Fsp3) is 0.333. The van der Waals surface area contributed by atoms with Gasteiger partial charge in [-0.3, -0.25) is 24.9 Å². The molecule has 0 aromatic heterocycles. The van der Waals surface area contributed by atoms with Gasteiger partial charge in [0.05, 0.1) is 17.0 Å². The highest BCUT2D eigenvalue weighted by molar-refractivity contribution is 7.92. The van der Waals surface area contributed by atoms with E-state index in [2.05, 4.69) is 25.2 Å². The van der Waals surface area contributed by atoms with Crippen molar-refractivity contribution in [1.82, 2.24) is 5.43 Å². The summed E-state index contributed by atoms with van der Waals surface area (Å²) in [6, 6.07) is 0.870. The van der Waals surface area contributed by atoms with Crippen LogP contribution in [0.25, 0.3) is 0 Å². The summed E-state index contributed by atoms with van der Waals surface area (Å²) in [6.45, 7) is 1.66. The Kier molecular flexibility index (Phi) is 4.81. The van der Waals surface area contributed by atoms with Gasteiger partial charge in [-0.25, -0.2) is 17.2 Å². The maximum atomic E-state index is 14.2. The van der Waals surface area contributed by atoms with E-state index >= 15 is 0 Å². The van der Waals surface area contributed by atoms with Crippen LogP contribution in [0, 0.1) is 11.6 Å². The van der Waals surface area contributed by atoms with Crippen molar-refractivity contribution >= 4 is 39.6 Å². The molecule has 0 saturated heterocycles. The molecule has 2 heterocycles. The number of benzene rings is 1. The molecule has 3 rings (SSSR count). The monoisotopic (exact) mass is 383 g/mol. The highest BCUT2D eigenvalue weighted by atomic mass is 32.2. The molecule has 2 aliphatic rings. The van der Waals surface area contributed by atoms with Gasteiger partial charge in [-0.15, -0.1) is 0 Å². The molecule has 0 radical (unpaired) electrons. The highest BCUT2D eigenvalue weighted by Gasteiger charge is 2.37. The van der Waals surface area contributed by atoms with E-state index in [-0.39, 0.29) is 17.2 Å². The number of hydrogen-bond donors (Lipinski definition) is 2. The predicted octanol–water partition coefficient (Wildman–Crippen LogP) is 1.11. The first-order chi connectivity index (χ1) is 12.3. The van der Waals surface area contributed by atoms with Crippen LogP contribution in [0.1, 0.15) is 23.7 Å². The minimum Gasteiger partial charge on any atom is -0.287 e. The lowest BCUT2D eigenvalue weighted by Gasteiger charge is -2.15. The maximum absolute atomic E-state index is 14.2. The number of fused-ring (bicyclic) bond motifs is 1. The van der Waals surface area contributed by atoms with Crippen LogP contribution in [-0.2, 0) is 10.0 Å². The number of rotatable bonds is 6. The molecule has 2 atom stereocenters. The molecule has 0 saturated carbocycles. The number of Topliss-reactive ketones (excluding diaryl/α,β-unsaturated/α-hetero) is 1. The highest BCUT2D eigenvalue weighted by Crippen LogP contribution is 2.23. The Morgan fingerprint density at radius 3 is 2.73 bits per heavy atom. The first kappa shape index (κ1) is 18.1. The van der Waals surface area contributed by atoms with Crippen LogP contribution in [0.15, 0.2) is 27.2 Å². The molecule has 11 heteroatoms. The van der Waals surface area contributed by atoms with Crippen molar-refractivity contribution in [3.8, 4) is 0 Å². The Bertz CT molecular complexity index is 943. The van der Waals surface area contributed by atoms with Crippen molar-refractivity contribution in [1.29, 1.82) is 0 Å². The summed E-state index contributed by atoms with van der Waals surface area (Å²) in [7, 11) is -3.73. The van der Waals surface area contributed by atoms with Crippen LogP contribution >= 0.6 is 0 Å². The molecule has 0 bridgehead atoms. The lowest BCUT2D eigenvalue weighted by atomic mass is 9.99. The molecule has 26 heavy (non-hydrogen) atoms. The number of nitrogens with zero attached hydrogens (tertiary/aromatic N) is 3. The molecule has 2 aliphatic heterocycles. The molecule has 1 aromatic carbocycles. The molecule has 0 amide bonds. The largest absolute Gasteiger partial charge is 0.287 e. The summed E-state index contributed by atoms with van der Waals surface area (Å²) in [6.07, 6.45) is 2.57. The van der Waals surface area contributed by atoms with Gasteiger partial charge in [-0.1, -0.05) is 6.92 Å². The Morgan fingerprint density at radius 1 is 1.27 bits per heavy atom. The van der Waals surface area contributed by atoms with Gasteiger partial charge in [0.1, 0.15) is 11.8 Å². The zero-order valence-corrected chi connectivity index (χ0v) is 14.4. The van der Waals surface area contributed by atoms with E-state index in [4.69, 9.17) is 0 Å². The molecular weight excluding hydrogens is 368 g/mol. The number of nitrogens with one attached hydrogen (secondary N) is 2. The number of halogens is 2. The third-order valence-corrected chi connectivity index (χ3v) is 5.20. The fourth-order valence-electron chi connectivity index (χ4n) is 2.59. The second-order valence-electron chi connectivity index (χ2n) is 5.68. The average molecular weight is 383 g/mol. The van der Waals surface area contributed by atoms with E-state index in [1.165, 1.54) is 12.4 Å². The van der Waals surface area contributed by atoms with Crippen LogP contribution < -0.4 is 10.1 Å². The number of hydrazone groups is 1. The SMILES string of the molecule is CCCS(=O)(=O)Nc1cc(F)c(F)c(C(=O)C2=NNC3N=CC=NC23)c1. The topological polar surface area (TPSA) is 112 Å². The van der Waals surface area contributed by atoms with Crippen molar-refractivity contribution in [2.24, 2.45) is 15.1 Å². The molecule has 2 unspecified atom stereocenters. The number of aliphatic imine (C=N–C) groups is 2. The van der Waals surface area contributed by atoms with Gasteiger partial charge in [-0.2, -0.15) is 5.10 Å². The van der Waals surface area contributed by atoms with Crippen LogP contribution in [-0.4, -0.2) is 50.3 Å². The van der Waals surface area contributed by atoms with E-state index < -0.39 is 45.2 Å². The smallest absolute Gasteiger partial charge is 0.232 e. The molecular formula is C15H15F2N5O3S. The third kappa shape index (κ3) is 3.47. The lowest BCUT2D eigenvalue weighted by molar-refractivity contribution is 0.105. The minimum atomic E-state index is -3.73. The van der Waals surface area contributed by atoms with E-state index in [1.54, 1.807) is 6.92 Å². The molecule has 2 N–H and O–H groups in total. The molecule has 0 aliphatic carbocycles. The van der Waals surface area contributed by atoms with Crippen molar-refractivity contribution in [2.45, 2.75) is 25.6 Å².